The Morgan fingerprint density at radius 1 is 0.939 bits per heavy atom. The van der Waals surface area contributed by atoms with E-state index >= 15 is 0 Å². The molecule has 2 aromatic rings. The summed E-state index contributed by atoms with van der Waals surface area (Å²) in [5.74, 6) is -3.72. The molecule has 0 aliphatic carbocycles. The van der Waals surface area contributed by atoms with Crippen LogP contribution >= 0.6 is 0 Å². The lowest BCUT2D eigenvalue weighted by Crippen LogP contribution is -2.60. The molecule has 0 spiro atoms. The maximum atomic E-state index is 12.7. The number of phenolic OH excluding ortho intramolecular Hbond substituents is 4. The number of hydrogen-bond acceptors (Lipinski definition) is 12. The SMILES string of the molecule is O=C1C[C@@H](c2ccc(O)c(O)c2)Oc2cc(O[C@@H]3O[C@H](CO)[C@@H](O)[C@H](O)[C@H]3O)c(O)c(O)c21. The predicted molar refractivity (Wildman–Crippen MR) is 106 cm³/mol. The number of carbonyl (C=O) groups excluding carboxylic acids is 1. The van der Waals surface area contributed by atoms with Crippen LogP contribution in [0, 0.1) is 0 Å². The lowest BCUT2D eigenvalue weighted by atomic mass is 9.95. The summed E-state index contributed by atoms with van der Waals surface area (Å²) >= 11 is 0. The van der Waals surface area contributed by atoms with Gasteiger partial charge in [-0.1, -0.05) is 6.07 Å². The van der Waals surface area contributed by atoms with E-state index < -0.39 is 72.2 Å². The number of aliphatic hydroxyl groups excluding tert-OH is 4. The van der Waals surface area contributed by atoms with Gasteiger partial charge < -0.3 is 55.1 Å². The van der Waals surface area contributed by atoms with Crippen LogP contribution in [-0.4, -0.2) is 83.9 Å². The lowest BCUT2D eigenvalue weighted by molar-refractivity contribution is -0.277. The summed E-state index contributed by atoms with van der Waals surface area (Å²) in [6.45, 7) is -0.703. The van der Waals surface area contributed by atoms with E-state index in [1.165, 1.54) is 18.2 Å². The van der Waals surface area contributed by atoms with Crippen molar-refractivity contribution < 1.29 is 59.9 Å². The van der Waals surface area contributed by atoms with E-state index in [9.17, 15) is 45.6 Å². The van der Waals surface area contributed by atoms with Gasteiger partial charge in [0.25, 0.3) is 0 Å². The van der Waals surface area contributed by atoms with Crippen LogP contribution in [0.15, 0.2) is 24.3 Å². The first kappa shape index (κ1) is 22.9. The van der Waals surface area contributed by atoms with Crippen molar-refractivity contribution in [2.24, 2.45) is 0 Å². The summed E-state index contributed by atoms with van der Waals surface area (Å²) in [4.78, 5) is 12.7. The summed E-state index contributed by atoms with van der Waals surface area (Å²) in [6, 6.07) is 4.93. The minimum atomic E-state index is -1.78. The second-order valence-electron chi connectivity index (χ2n) is 7.74. The van der Waals surface area contributed by atoms with Gasteiger partial charge in [0.05, 0.1) is 13.0 Å². The number of ketones is 1. The van der Waals surface area contributed by atoms with Crippen molar-refractivity contribution in [3.05, 3.63) is 35.4 Å². The molecule has 178 valence electrons. The molecule has 4 rings (SSSR count). The lowest BCUT2D eigenvalue weighted by Gasteiger charge is -2.39. The van der Waals surface area contributed by atoms with Crippen LogP contribution in [-0.2, 0) is 4.74 Å². The van der Waals surface area contributed by atoms with E-state index in [1.807, 2.05) is 0 Å². The maximum Gasteiger partial charge on any atom is 0.229 e. The van der Waals surface area contributed by atoms with Crippen molar-refractivity contribution in [1.29, 1.82) is 0 Å². The summed E-state index contributed by atoms with van der Waals surface area (Å²) < 4.78 is 16.4. The van der Waals surface area contributed by atoms with E-state index in [2.05, 4.69) is 0 Å². The normalized spacial score (nSPS) is 29.3. The Morgan fingerprint density at radius 3 is 2.33 bits per heavy atom. The van der Waals surface area contributed by atoms with Crippen LogP contribution in [0.3, 0.4) is 0 Å². The van der Waals surface area contributed by atoms with Gasteiger partial charge in [-0.25, -0.2) is 0 Å². The molecular formula is C21H22O12. The zero-order valence-electron chi connectivity index (χ0n) is 16.9. The van der Waals surface area contributed by atoms with Crippen molar-refractivity contribution in [1.82, 2.24) is 0 Å². The Balaban J connectivity index is 1.65. The van der Waals surface area contributed by atoms with Gasteiger partial charge in [0.1, 0.15) is 41.8 Å². The standard InChI is InChI=1S/C21H22O12/c22-6-14-17(27)19(29)20(30)21(33-14)32-13-5-12-15(18(28)16(13)26)10(25)4-11(31-12)7-1-2-8(23)9(24)3-7/h1-3,5,11,14,17,19-24,26-30H,4,6H2/t11-,14+,17+,19-,20+,21+/m0/s1. The third kappa shape index (κ3) is 3.98. The molecule has 2 heterocycles. The minimum absolute atomic E-state index is 0.182. The topological polar surface area (TPSA) is 207 Å². The number of aliphatic hydroxyl groups is 4. The van der Waals surface area contributed by atoms with Gasteiger partial charge >= 0.3 is 0 Å². The fraction of sp³-hybridized carbons (Fsp3) is 0.381. The summed E-state index contributed by atoms with van der Waals surface area (Å²) in [5, 5.41) is 79.2. The third-order valence-electron chi connectivity index (χ3n) is 5.58. The van der Waals surface area contributed by atoms with E-state index in [4.69, 9.17) is 14.2 Å². The fourth-order valence-electron chi connectivity index (χ4n) is 3.75. The van der Waals surface area contributed by atoms with Crippen molar-refractivity contribution in [3.8, 4) is 34.5 Å². The van der Waals surface area contributed by atoms with Crippen LogP contribution in [0.2, 0.25) is 0 Å². The van der Waals surface area contributed by atoms with Gasteiger partial charge in [0.15, 0.2) is 28.8 Å². The van der Waals surface area contributed by atoms with Crippen LogP contribution in [0.1, 0.15) is 28.4 Å². The van der Waals surface area contributed by atoms with Gasteiger partial charge in [0.2, 0.25) is 12.0 Å². The first-order chi connectivity index (χ1) is 15.6. The quantitative estimate of drug-likeness (QED) is 0.266. The summed E-state index contributed by atoms with van der Waals surface area (Å²) in [6.07, 6.45) is -9.22. The van der Waals surface area contributed by atoms with Crippen LogP contribution < -0.4 is 9.47 Å². The fourth-order valence-corrected chi connectivity index (χ4v) is 3.75. The molecule has 2 aliphatic heterocycles. The molecule has 0 radical (unpaired) electrons. The zero-order valence-corrected chi connectivity index (χ0v) is 16.9. The van der Waals surface area contributed by atoms with Crippen molar-refractivity contribution in [3.63, 3.8) is 0 Å². The molecule has 0 bridgehead atoms. The van der Waals surface area contributed by atoms with E-state index in [0.29, 0.717) is 5.56 Å². The molecule has 1 saturated heterocycles. The number of Topliss-reactive ketones (excluding diaryl/α,β-unsaturated/α-hetero) is 1. The van der Waals surface area contributed by atoms with Crippen molar-refractivity contribution in [2.45, 2.75) is 43.2 Å². The number of phenols is 4. The molecule has 6 atom stereocenters. The van der Waals surface area contributed by atoms with E-state index in [0.717, 1.165) is 6.07 Å². The molecule has 0 unspecified atom stereocenters. The highest BCUT2D eigenvalue weighted by Gasteiger charge is 2.45. The molecule has 0 amide bonds. The average molecular weight is 466 g/mol. The Morgan fingerprint density at radius 2 is 1.67 bits per heavy atom. The van der Waals surface area contributed by atoms with Gasteiger partial charge in [-0.3, -0.25) is 4.79 Å². The smallest absolute Gasteiger partial charge is 0.229 e. The third-order valence-corrected chi connectivity index (χ3v) is 5.58. The Hall–Kier alpha value is -3.29. The molecule has 8 N–H and O–H groups in total. The second kappa shape index (κ2) is 8.57. The second-order valence-corrected chi connectivity index (χ2v) is 7.74. The summed E-state index contributed by atoms with van der Waals surface area (Å²) in [5.41, 5.74) is 0.0427. The van der Waals surface area contributed by atoms with Crippen LogP contribution in [0.4, 0.5) is 0 Å². The zero-order chi connectivity index (χ0) is 24.0. The minimum Gasteiger partial charge on any atom is -0.504 e. The number of carbonyl (C=O) groups is 1. The highest BCUT2D eigenvalue weighted by molar-refractivity contribution is 6.03. The monoisotopic (exact) mass is 466 g/mol. The predicted octanol–water partition coefficient (Wildman–Crippen LogP) is -0.606. The Bertz CT molecular complexity index is 1070. The van der Waals surface area contributed by atoms with E-state index in [-0.39, 0.29) is 23.5 Å². The average Bonchev–Trinajstić information content (AvgIpc) is 2.78. The number of rotatable bonds is 4. The molecule has 12 heteroatoms. The molecule has 2 aliphatic rings. The Kier molecular flexibility index (Phi) is 5.95. The van der Waals surface area contributed by atoms with Gasteiger partial charge in [-0.2, -0.15) is 0 Å². The Labute approximate surface area is 186 Å². The molecular weight excluding hydrogens is 444 g/mol. The van der Waals surface area contributed by atoms with E-state index in [1.54, 1.807) is 0 Å². The first-order valence-corrected chi connectivity index (χ1v) is 9.90. The molecule has 1 fully saturated rings. The number of ether oxygens (including phenoxy) is 3. The molecule has 0 saturated carbocycles. The largest absolute Gasteiger partial charge is 0.504 e. The van der Waals surface area contributed by atoms with Crippen LogP contribution in [0.25, 0.3) is 0 Å². The van der Waals surface area contributed by atoms with Crippen molar-refractivity contribution >= 4 is 5.78 Å². The molecule has 2 aromatic carbocycles. The number of benzene rings is 2. The van der Waals surface area contributed by atoms with Gasteiger partial charge in [-0.15, -0.1) is 0 Å². The molecule has 12 nitrogen and oxygen atoms in total. The number of fused-ring (bicyclic) bond motifs is 1. The first-order valence-electron chi connectivity index (χ1n) is 9.90. The summed E-state index contributed by atoms with van der Waals surface area (Å²) in [7, 11) is 0. The molecule has 33 heavy (non-hydrogen) atoms. The number of hydrogen-bond donors (Lipinski definition) is 8. The molecule has 0 aromatic heterocycles. The van der Waals surface area contributed by atoms with Gasteiger partial charge in [0, 0.05) is 6.07 Å². The van der Waals surface area contributed by atoms with Crippen molar-refractivity contribution in [2.75, 3.05) is 6.61 Å². The highest BCUT2D eigenvalue weighted by Crippen LogP contribution is 2.49. The highest BCUT2D eigenvalue weighted by atomic mass is 16.7. The van der Waals surface area contributed by atoms with Gasteiger partial charge in [-0.05, 0) is 17.7 Å². The number of aromatic hydroxyl groups is 4. The van der Waals surface area contributed by atoms with Crippen LogP contribution in [0.5, 0.6) is 34.5 Å². The maximum absolute atomic E-state index is 12.7.